The van der Waals surface area contributed by atoms with Crippen molar-refractivity contribution >= 4 is 57.7 Å². The number of nitrogens with two attached hydrogens (primary N) is 1. The zero-order valence-corrected chi connectivity index (χ0v) is 21.4. The maximum absolute atomic E-state index is 12.8. The van der Waals surface area contributed by atoms with Crippen molar-refractivity contribution < 1.29 is 63.4 Å². The van der Waals surface area contributed by atoms with Crippen LogP contribution in [0.3, 0.4) is 0 Å². The van der Waals surface area contributed by atoms with Crippen molar-refractivity contribution in [1.82, 2.24) is 15.2 Å². The Labute approximate surface area is 218 Å². The fraction of sp³-hybridized carbons (Fsp3) is 0.444. The molecule has 0 aliphatic carbocycles. The summed E-state index contributed by atoms with van der Waals surface area (Å²) in [5.41, 5.74) is 5.87. The number of carboxylic acid groups (broad SMARTS) is 1. The third-order valence-electron chi connectivity index (χ3n) is 5.13. The number of ether oxygens (including phenoxy) is 1. The van der Waals surface area contributed by atoms with Gasteiger partial charge in [0.1, 0.15) is 30.3 Å². The van der Waals surface area contributed by atoms with Crippen molar-refractivity contribution in [2.75, 3.05) is 18.6 Å². The number of thioether (sulfide) groups is 1. The summed E-state index contributed by atoms with van der Waals surface area (Å²) in [4.78, 5) is 58.5. The van der Waals surface area contributed by atoms with Gasteiger partial charge in [-0.2, -0.15) is 0 Å². The minimum absolute atomic E-state index is 0. The van der Waals surface area contributed by atoms with E-state index in [-0.39, 0.29) is 70.6 Å². The number of aromatic nitrogens is 1. The Hall–Kier alpha value is -2.13. The summed E-state index contributed by atoms with van der Waals surface area (Å²) in [5.74, 6) is -2.83. The Bertz CT molecular complexity index is 1060. The van der Waals surface area contributed by atoms with Crippen LogP contribution in [0.2, 0.25) is 0 Å². The van der Waals surface area contributed by atoms with Gasteiger partial charge in [0.2, 0.25) is 0 Å². The van der Waals surface area contributed by atoms with E-state index in [4.69, 9.17) is 15.3 Å². The average Bonchev–Trinajstić information content (AvgIpc) is 3.37. The number of carbonyl (C=O) groups is 4. The van der Waals surface area contributed by atoms with Crippen LogP contribution in [-0.2, 0) is 28.8 Å². The second kappa shape index (κ2) is 10.4. The van der Waals surface area contributed by atoms with Crippen LogP contribution in [0.4, 0.5) is 5.13 Å². The molecule has 15 heteroatoms. The Morgan fingerprint density at radius 1 is 1.45 bits per heavy atom. The number of carbonyl (C=O) groups excluding carboxylic acids is 4. The number of hydrogen-bond acceptors (Lipinski definition) is 12. The summed E-state index contributed by atoms with van der Waals surface area (Å²) in [6.07, 6.45) is 0.563. The van der Waals surface area contributed by atoms with E-state index in [0.717, 1.165) is 16.2 Å². The molecule has 3 aliphatic heterocycles. The summed E-state index contributed by atoms with van der Waals surface area (Å²) >= 11 is 2.41. The number of anilines is 1. The number of carboxylic acids is 1. The Morgan fingerprint density at radius 2 is 2.21 bits per heavy atom. The molecule has 2 amide bonds. The average molecular weight is 503 g/mol. The second-order valence-electron chi connectivity index (χ2n) is 7.15. The van der Waals surface area contributed by atoms with E-state index >= 15 is 0 Å². The van der Waals surface area contributed by atoms with Crippen LogP contribution in [0, 0.1) is 0 Å². The predicted octanol–water partition coefficient (Wildman–Crippen LogP) is -4.42. The number of nitrogens with one attached hydrogen (secondary N) is 1. The number of nitrogen functional groups attached to an aromatic ring is 1. The van der Waals surface area contributed by atoms with Crippen molar-refractivity contribution in [2.24, 2.45) is 5.16 Å². The summed E-state index contributed by atoms with van der Waals surface area (Å²) in [7, 11) is 1.26. The first-order valence-electron chi connectivity index (χ1n) is 9.51. The van der Waals surface area contributed by atoms with Crippen LogP contribution in [0.5, 0.6) is 0 Å². The number of amides is 2. The van der Waals surface area contributed by atoms with Gasteiger partial charge in [0, 0.05) is 24.0 Å². The fourth-order valence-electron chi connectivity index (χ4n) is 3.73. The molecule has 3 aliphatic rings. The van der Waals surface area contributed by atoms with Gasteiger partial charge in [-0.15, -0.1) is 23.1 Å². The molecule has 0 radical (unpaired) electrons. The Balaban J connectivity index is 0.00000306. The standard InChI is InChI=1S/C18H19N5O7S2.Na/c1-29-22-11(9-6-32-18(19)20-9)14(25)21-12-15(26)23-13(17(27)28)7(5-31-16(12)23)4-8-2-3-10(24)30-8;/h6,8,12,16H,2-5H2,1H3,(H2,19,20)(H,21,25)(H,27,28);/q;+1/p-1/b22-11-;/t8?,12-,16+;/m1./s1. The minimum atomic E-state index is -1.49. The molecule has 1 unspecified atom stereocenters. The molecule has 3 atom stereocenters. The van der Waals surface area contributed by atoms with Crippen LogP contribution >= 0.6 is 23.1 Å². The number of cyclic esters (lactones) is 1. The van der Waals surface area contributed by atoms with E-state index in [0.29, 0.717) is 17.7 Å². The Morgan fingerprint density at radius 3 is 2.79 bits per heavy atom. The van der Waals surface area contributed by atoms with E-state index < -0.39 is 35.3 Å². The molecule has 0 saturated carbocycles. The first-order valence-corrected chi connectivity index (χ1v) is 11.4. The quantitative estimate of drug-likeness (QED) is 0.121. The third-order valence-corrected chi connectivity index (χ3v) is 7.15. The molecule has 1 aromatic heterocycles. The molecule has 33 heavy (non-hydrogen) atoms. The number of nitrogens with zero attached hydrogens (tertiary/aromatic N) is 3. The molecule has 2 saturated heterocycles. The molecule has 1 aromatic rings. The molecule has 0 spiro atoms. The molecule has 4 heterocycles. The number of fused-ring (bicyclic) bond motifs is 1. The van der Waals surface area contributed by atoms with Crippen molar-refractivity contribution in [1.29, 1.82) is 0 Å². The number of aliphatic carboxylic acids is 1. The maximum Gasteiger partial charge on any atom is 1.00 e. The number of esters is 1. The van der Waals surface area contributed by atoms with Crippen LogP contribution < -0.4 is 45.7 Å². The largest absolute Gasteiger partial charge is 1.00 e. The second-order valence-corrected chi connectivity index (χ2v) is 9.14. The third kappa shape index (κ3) is 5.04. The van der Waals surface area contributed by atoms with E-state index in [1.165, 1.54) is 24.3 Å². The molecule has 0 aromatic carbocycles. The number of hydrogen-bond donors (Lipinski definition) is 2. The smallest absolute Gasteiger partial charge is 0.543 e. The predicted molar refractivity (Wildman–Crippen MR) is 111 cm³/mol. The summed E-state index contributed by atoms with van der Waals surface area (Å²) in [5, 5.41) is 19.2. The minimum Gasteiger partial charge on any atom is -0.543 e. The van der Waals surface area contributed by atoms with Gasteiger partial charge in [0.05, 0.1) is 11.7 Å². The molecule has 4 rings (SSSR count). The SMILES string of the molecule is CO/N=C(\C(=O)N[C@@H]1C(=O)N2C(C(=O)[O-])=C(CC3CCC(=O)O3)CS[C@@H]12)c1csc(N)n1.[Na+]. The van der Waals surface area contributed by atoms with Crippen LogP contribution in [0.1, 0.15) is 25.0 Å². The molecular weight excluding hydrogens is 485 g/mol. The molecule has 2 fully saturated rings. The van der Waals surface area contributed by atoms with E-state index in [2.05, 4.69) is 15.5 Å². The zero-order valence-electron chi connectivity index (χ0n) is 17.7. The van der Waals surface area contributed by atoms with Gasteiger partial charge in [-0.1, -0.05) is 5.16 Å². The van der Waals surface area contributed by atoms with E-state index in [9.17, 15) is 24.3 Å². The maximum atomic E-state index is 12.8. The number of oxime groups is 1. The summed E-state index contributed by atoms with van der Waals surface area (Å²) in [6.45, 7) is 0. The van der Waals surface area contributed by atoms with Gasteiger partial charge in [-0.05, 0) is 12.0 Å². The topological polar surface area (TPSA) is 176 Å². The van der Waals surface area contributed by atoms with Gasteiger partial charge in [-0.25, -0.2) is 4.98 Å². The molecular formula is C18H18N5NaO7S2. The van der Waals surface area contributed by atoms with Gasteiger partial charge < -0.3 is 30.5 Å². The molecule has 0 bridgehead atoms. The monoisotopic (exact) mass is 503 g/mol. The van der Waals surface area contributed by atoms with Gasteiger partial charge >= 0.3 is 35.5 Å². The van der Waals surface area contributed by atoms with Crippen LogP contribution in [-0.4, -0.2) is 69.7 Å². The van der Waals surface area contributed by atoms with E-state index in [1.807, 2.05) is 0 Å². The van der Waals surface area contributed by atoms with Crippen molar-refractivity contribution in [2.45, 2.75) is 36.8 Å². The first-order chi connectivity index (χ1) is 15.3. The number of thiazole rings is 1. The van der Waals surface area contributed by atoms with Crippen LogP contribution in [0.25, 0.3) is 0 Å². The number of rotatable bonds is 7. The molecule has 12 nitrogen and oxygen atoms in total. The number of β-lactam (4-membered cyclic amide) rings is 1. The molecule has 3 N–H and O–H groups in total. The normalized spacial score (nSPS) is 24.5. The van der Waals surface area contributed by atoms with Gasteiger partial charge in [0.15, 0.2) is 10.8 Å². The van der Waals surface area contributed by atoms with Crippen molar-refractivity contribution in [3.63, 3.8) is 0 Å². The van der Waals surface area contributed by atoms with Gasteiger partial charge in [0.25, 0.3) is 11.8 Å². The first kappa shape index (κ1) is 25.5. The van der Waals surface area contributed by atoms with E-state index in [1.54, 1.807) is 0 Å². The molecule has 170 valence electrons. The van der Waals surface area contributed by atoms with Crippen molar-refractivity contribution in [3.05, 3.63) is 22.3 Å². The van der Waals surface area contributed by atoms with Crippen molar-refractivity contribution in [3.8, 4) is 0 Å². The summed E-state index contributed by atoms with van der Waals surface area (Å²) in [6, 6.07) is -0.967. The van der Waals surface area contributed by atoms with Crippen LogP contribution in [0.15, 0.2) is 21.8 Å². The summed E-state index contributed by atoms with van der Waals surface area (Å²) < 4.78 is 5.17. The zero-order chi connectivity index (χ0) is 23.0. The Kier molecular flexibility index (Phi) is 8.05. The van der Waals surface area contributed by atoms with Gasteiger partial charge in [-0.3, -0.25) is 19.3 Å². The fourth-order valence-corrected chi connectivity index (χ4v) is 5.64.